The van der Waals surface area contributed by atoms with Gasteiger partial charge in [-0.15, -0.1) is 0 Å². The second kappa shape index (κ2) is 8.31. The summed E-state index contributed by atoms with van der Waals surface area (Å²) in [7, 11) is 0. The highest BCUT2D eigenvalue weighted by molar-refractivity contribution is 6.30. The van der Waals surface area contributed by atoms with Gasteiger partial charge in [-0.05, 0) is 24.3 Å². The highest BCUT2D eigenvalue weighted by Gasteiger charge is 2.27. The van der Waals surface area contributed by atoms with Crippen LogP contribution in [-0.4, -0.2) is 32.5 Å². The molecule has 0 radical (unpaired) electrons. The van der Waals surface area contributed by atoms with E-state index in [1.54, 1.807) is 0 Å². The number of ether oxygens (including phenoxy) is 4. The van der Waals surface area contributed by atoms with E-state index in [2.05, 4.69) is 0 Å². The lowest BCUT2D eigenvalue weighted by Crippen LogP contribution is -2.20. The Labute approximate surface area is 140 Å². The molecule has 1 aliphatic rings. The van der Waals surface area contributed by atoms with Crippen molar-refractivity contribution in [2.24, 2.45) is 0 Å². The lowest BCUT2D eigenvalue weighted by molar-refractivity contribution is -0.0748. The van der Waals surface area contributed by atoms with Gasteiger partial charge in [0.1, 0.15) is 18.5 Å². The van der Waals surface area contributed by atoms with Crippen LogP contribution >= 0.6 is 11.6 Å². The fourth-order valence-corrected chi connectivity index (χ4v) is 2.41. The monoisotopic (exact) mass is 334 g/mol. The van der Waals surface area contributed by atoms with E-state index in [0.717, 1.165) is 11.3 Å². The fourth-order valence-electron chi connectivity index (χ4n) is 2.28. The van der Waals surface area contributed by atoms with Crippen LogP contribution in [0.1, 0.15) is 11.9 Å². The Bertz CT molecular complexity index is 588. The van der Waals surface area contributed by atoms with Crippen molar-refractivity contribution in [2.45, 2.75) is 12.4 Å². The largest absolute Gasteiger partial charge is 0.491 e. The zero-order chi connectivity index (χ0) is 15.9. The van der Waals surface area contributed by atoms with Crippen molar-refractivity contribution in [3.05, 3.63) is 65.2 Å². The molecule has 122 valence electrons. The molecule has 23 heavy (non-hydrogen) atoms. The van der Waals surface area contributed by atoms with Crippen LogP contribution in [0.25, 0.3) is 0 Å². The molecule has 1 saturated heterocycles. The number of hydrogen-bond donors (Lipinski definition) is 0. The second-order valence-electron chi connectivity index (χ2n) is 5.21. The van der Waals surface area contributed by atoms with Gasteiger partial charge in [-0.1, -0.05) is 41.9 Å². The van der Waals surface area contributed by atoms with Gasteiger partial charge in [-0.2, -0.15) is 0 Å². The van der Waals surface area contributed by atoms with Gasteiger partial charge in [0.05, 0.1) is 19.8 Å². The molecule has 0 aromatic heterocycles. The van der Waals surface area contributed by atoms with Gasteiger partial charge < -0.3 is 18.9 Å². The molecule has 2 aromatic rings. The third-order valence-electron chi connectivity index (χ3n) is 3.44. The summed E-state index contributed by atoms with van der Waals surface area (Å²) >= 11 is 5.88. The van der Waals surface area contributed by atoms with Crippen LogP contribution in [0.2, 0.25) is 5.02 Å². The van der Waals surface area contributed by atoms with Crippen LogP contribution in [0.4, 0.5) is 0 Å². The number of halogens is 1. The Morgan fingerprint density at radius 1 is 1.00 bits per heavy atom. The second-order valence-corrected chi connectivity index (χ2v) is 5.65. The molecule has 0 saturated carbocycles. The van der Waals surface area contributed by atoms with E-state index in [-0.39, 0.29) is 12.4 Å². The minimum atomic E-state index is -0.346. The highest BCUT2D eigenvalue weighted by Crippen LogP contribution is 2.27. The van der Waals surface area contributed by atoms with Gasteiger partial charge >= 0.3 is 0 Å². The minimum absolute atomic E-state index is 0.0626. The summed E-state index contributed by atoms with van der Waals surface area (Å²) in [5, 5.41) is 0.699. The van der Waals surface area contributed by atoms with Crippen molar-refractivity contribution in [1.29, 1.82) is 0 Å². The molecule has 0 spiro atoms. The van der Waals surface area contributed by atoms with E-state index in [0.29, 0.717) is 31.5 Å². The van der Waals surface area contributed by atoms with Crippen LogP contribution in [0.3, 0.4) is 0 Å². The summed E-state index contributed by atoms with van der Waals surface area (Å²) < 4.78 is 22.6. The first-order valence-electron chi connectivity index (χ1n) is 7.59. The molecule has 5 heteroatoms. The van der Waals surface area contributed by atoms with Crippen molar-refractivity contribution >= 4 is 11.6 Å². The SMILES string of the molecule is Clc1ccc([C@@H]2OC[C@H](COCCOc3ccccc3)O2)cc1. The van der Waals surface area contributed by atoms with E-state index >= 15 is 0 Å². The first kappa shape index (κ1) is 16.3. The summed E-state index contributed by atoms with van der Waals surface area (Å²) in [6.07, 6.45) is -0.408. The predicted molar refractivity (Wildman–Crippen MR) is 87.8 cm³/mol. The first-order chi connectivity index (χ1) is 11.3. The molecule has 2 aromatic carbocycles. The number of para-hydroxylation sites is 1. The lowest BCUT2D eigenvalue weighted by Gasteiger charge is -2.12. The van der Waals surface area contributed by atoms with Crippen LogP contribution in [-0.2, 0) is 14.2 Å². The summed E-state index contributed by atoms with van der Waals surface area (Å²) in [6.45, 7) is 2.04. The molecule has 0 aliphatic carbocycles. The van der Waals surface area contributed by atoms with Crippen LogP contribution in [0.15, 0.2) is 54.6 Å². The zero-order valence-electron chi connectivity index (χ0n) is 12.7. The van der Waals surface area contributed by atoms with Gasteiger partial charge in [0, 0.05) is 10.6 Å². The average Bonchev–Trinajstić information content (AvgIpc) is 3.05. The first-order valence-corrected chi connectivity index (χ1v) is 7.97. The molecule has 1 heterocycles. The molecule has 0 bridgehead atoms. The molecule has 1 fully saturated rings. The maximum Gasteiger partial charge on any atom is 0.184 e. The Hall–Kier alpha value is -1.59. The Balaban J connectivity index is 1.33. The zero-order valence-corrected chi connectivity index (χ0v) is 13.4. The van der Waals surface area contributed by atoms with E-state index < -0.39 is 0 Å². The van der Waals surface area contributed by atoms with E-state index in [1.165, 1.54) is 0 Å². The summed E-state index contributed by atoms with van der Waals surface area (Å²) in [5.41, 5.74) is 0.962. The maximum absolute atomic E-state index is 5.88. The average molecular weight is 335 g/mol. The highest BCUT2D eigenvalue weighted by atomic mass is 35.5. The molecular weight excluding hydrogens is 316 g/mol. The van der Waals surface area contributed by atoms with E-state index in [9.17, 15) is 0 Å². The third-order valence-corrected chi connectivity index (χ3v) is 3.69. The molecular formula is C18H19ClO4. The van der Waals surface area contributed by atoms with Crippen molar-refractivity contribution < 1.29 is 18.9 Å². The molecule has 3 rings (SSSR count). The Kier molecular flexibility index (Phi) is 5.88. The minimum Gasteiger partial charge on any atom is -0.491 e. The van der Waals surface area contributed by atoms with Crippen molar-refractivity contribution in [1.82, 2.24) is 0 Å². The number of hydrogen-bond acceptors (Lipinski definition) is 4. The van der Waals surface area contributed by atoms with E-state index in [4.69, 9.17) is 30.5 Å². The van der Waals surface area contributed by atoms with Crippen molar-refractivity contribution in [3.63, 3.8) is 0 Å². The summed E-state index contributed by atoms with van der Waals surface area (Å²) in [4.78, 5) is 0. The molecule has 4 nitrogen and oxygen atoms in total. The normalized spacial score (nSPS) is 20.6. The van der Waals surface area contributed by atoms with Gasteiger partial charge in [0.15, 0.2) is 6.29 Å². The molecule has 0 amide bonds. The predicted octanol–water partition coefficient (Wildman–Crippen LogP) is 3.85. The molecule has 2 atom stereocenters. The van der Waals surface area contributed by atoms with E-state index in [1.807, 2.05) is 54.6 Å². The standard InChI is InChI=1S/C18H19ClO4/c19-15-8-6-14(7-9-15)18-22-13-17(23-18)12-20-10-11-21-16-4-2-1-3-5-16/h1-9,17-18H,10-13H2/t17-,18+/m0/s1. The van der Waals surface area contributed by atoms with Crippen molar-refractivity contribution in [2.75, 3.05) is 26.4 Å². The van der Waals surface area contributed by atoms with Gasteiger partial charge in [0.2, 0.25) is 0 Å². The Morgan fingerprint density at radius 2 is 1.78 bits per heavy atom. The van der Waals surface area contributed by atoms with Gasteiger partial charge in [0.25, 0.3) is 0 Å². The van der Waals surface area contributed by atoms with Crippen LogP contribution < -0.4 is 4.74 Å². The topological polar surface area (TPSA) is 36.9 Å². The van der Waals surface area contributed by atoms with Crippen LogP contribution in [0.5, 0.6) is 5.75 Å². The lowest BCUT2D eigenvalue weighted by atomic mass is 10.2. The molecule has 0 unspecified atom stereocenters. The smallest absolute Gasteiger partial charge is 0.184 e. The fraction of sp³-hybridized carbons (Fsp3) is 0.333. The summed E-state index contributed by atoms with van der Waals surface area (Å²) in [6, 6.07) is 17.2. The quantitative estimate of drug-likeness (QED) is 0.721. The Morgan fingerprint density at radius 3 is 2.57 bits per heavy atom. The van der Waals surface area contributed by atoms with Gasteiger partial charge in [-0.25, -0.2) is 0 Å². The summed E-state index contributed by atoms with van der Waals surface area (Å²) in [5.74, 6) is 0.847. The number of rotatable bonds is 7. The third kappa shape index (κ3) is 4.94. The van der Waals surface area contributed by atoms with Crippen LogP contribution in [0, 0.1) is 0 Å². The van der Waals surface area contributed by atoms with Crippen molar-refractivity contribution in [3.8, 4) is 5.75 Å². The molecule has 0 N–H and O–H groups in total. The van der Waals surface area contributed by atoms with Gasteiger partial charge in [-0.3, -0.25) is 0 Å². The maximum atomic E-state index is 5.88. The number of benzene rings is 2. The molecule has 1 aliphatic heterocycles.